The Morgan fingerprint density at radius 1 is 1.15 bits per heavy atom. The summed E-state index contributed by atoms with van der Waals surface area (Å²) < 4.78 is 5.54. The molecule has 0 amide bonds. The molecule has 13 heavy (non-hydrogen) atoms. The first kappa shape index (κ1) is 7.39. The van der Waals surface area contributed by atoms with Gasteiger partial charge in [-0.25, -0.2) is 0 Å². The molecule has 0 saturated heterocycles. The maximum Gasteiger partial charge on any atom is 0.122 e. The minimum atomic E-state index is 0.874. The van der Waals surface area contributed by atoms with Crippen LogP contribution in [0.1, 0.15) is 16.7 Å². The topological polar surface area (TPSA) is 21.3 Å². The first-order valence-electron chi connectivity index (χ1n) is 4.92. The predicted molar refractivity (Wildman–Crippen MR) is 51.1 cm³/mol. The molecule has 2 nitrogen and oxygen atoms in total. The van der Waals surface area contributed by atoms with Crippen molar-refractivity contribution < 1.29 is 4.74 Å². The van der Waals surface area contributed by atoms with Gasteiger partial charge in [0.05, 0.1) is 6.61 Å². The molecule has 0 aliphatic carbocycles. The summed E-state index contributed by atoms with van der Waals surface area (Å²) >= 11 is 0. The van der Waals surface area contributed by atoms with Crippen LogP contribution in [0.15, 0.2) is 12.1 Å². The molecular formula is C11H13NO. The highest BCUT2D eigenvalue weighted by molar-refractivity contribution is 5.48. The molecule has 3 rings (SSSR count). The monoisotopic (exact) mass is 175 g/mol. The van der Waals surface area contributed by atoms with Crippen LogP contribution in [0, 0.1) is 0 Å². The SMILES string of the molecule is c1cc2c(c3c1CNCC3)CCO2. The van der Waals surface area contributed by atoms with Crippen molar-refractivity contribution in [2.45, 2.75) is 19.4 Å². The van der Waals surface area contributed by atoms with E-state index in [0.29, 0.717) is 0 Å². The van der Waals surface area contributed by atoms with E-state index in [-0.39, 0.29) is 0 Å². The third-order valence-corrected chi connectivity index (χ3v) is 2.96. The minimum Gasteiger partial charge on any atom is -0.493 e. The lowest BCUT2D eigenvalue weighted by molar-refractivity contribution is 0.357. The van der Waals surface area contributed by atoms with Gasteiger partial charge in [0.15, 0.2) is 0 Å². The molecule has 2 aliphatic rings. The number of hydrogen-bond acceptors (Lipinski definition) is 2. The van der Waals surface area contributed by atoms with E-state index in [2.05, 4.69) is 17.4 Å². The second-order valence-electron chi connectivity index (χ2n) is 3.71. The van der Waals surface area contributed by atoms with Gasteiger partial charge in [-0.3, -0.25) is 0 Å². The molecule has 0 spiro atoms. The largest absolute Gasteiger partial charge is 0.493 e. The molecular weight excluding hydrogens is 162 g/mol. The molecule has 0 unspecified atom stereocenters. The average molecular weight is 175 g/mol. The molecule has 68 valence electrons. The van der Waals surface area contributed by atoms with Crippen LogP contribution in [0.3, 0.4) is 0 Å². The van der Waals surface area contributed by atoms with E-state index >= 15 is 0 Å². The van der Waals surface area contributed by atoms with Crippen LogP contribution in [-0.4, -0.2) is 13.2 Å². The van der Waals surface area contributed by atoms with Gasteiger partial charge in [-0.15, -0.1) is 0 Å². The van der Waals surface area contributed by atoms with Crippen LogP contribution >= 0.6 is 0 Å². The van der Waals surface area contributed by atoms with Gasteiger partial charge >= 0.3 is 0 Å². The van der Waals surface area contributed by atoms with Crippen LogP contribution in [0.5, 0.6) is 5.75 Å². The van der Waals surface area contributed by atoms with E-state index < -0.39 is 0 Å². The highest BCUT2D eigenvalue weighted by Crippen LogP contribution is 2.31. The summed E-state index contributed by atoms with van der Waals surface area (Å²) in [6.45, 7) is 3.02. The lowest BCUT2D eigenvalue weighted by atomic mass is 9.94. The van der Waals surface area contributed by atoms with Gasteiger partial charge in [0.1, 0.15) is 5.75 Å². The van der Waals surface area contributed by atoms with Crippen molar-refractivity contribution in [3.05, 3.63) is 28.8 Å². The molecule has 2 heteroatoms. The lowest BCUT2D eigenvalue weighted by Gasteiger charge is -2.19. The van der Waals surface area contributed by atoms with Gasteiger partial charge in [0.2, 0.25) is 0 Å². The third-order valence-electron chi connectivity index (χ3n) is 2.96. The van der Waals surface area contributed by atoms with Crippen LogP contribution in [0.2, 0.25) is 0 Å². The maximum atomic E-state index is 5.54. The Bertz CT molecular complexity index is 346. The fourth-order valence-corrected chi connectivity index (χ4v) is 2.31. The summed E-state index contributed by atoms with van der Waals surface area (Å²) in [6, 6.07) is 4.32. The van der Waals surface area contributed by atoms with Crippen molar-refractivity contribution in [3.8, 4) is 5.75 Å². The number of rotatable bonds is 0. The molecule has 0 atom stereocenters. The molecule has 2 aliphatic heterocycles. The Kier molecular flexibility index (Phi) is 1.56. The summed E-state index contributed by atoms with van der Waals surface area (Å²) in [5.41, 5.74) is 4.49. The Morgan fingerprint density at radius 3 is 3.15 bits per heavy atom. The van der Waals surface area contributed by atoms with E-state index in [1.54, 1.807) is 5.56 Å². The minimum absolute atomic E-state index is 0.874. The number of hydrogen-bond donors (Lipinski definition) is 1. The fourth-order valence-electron chi connectivity index (χ4n) is 2.31. The first-order valence-corrected chi connectivity index (χ1v) is 4.92. The Hall–Kier alpha value is -1.02. The molecule has 0 bridgehead atoms. The average Bonchev–Trinajstić information content (AvgIpc) is 2.65. The van der Waals surface area contributed by atoms with Crippen molar-refractivity contribution in [2.75, 3.05) is 13.2 Å². The summed E-state index contributed by atoms with van der Waals surface area (Å²) in [5, 5.41) is 3.39. The summed E-state index contributed by atoms with van der Waals surface area (Å²) in [7, 11) is 0. The van der Waals surface area contributed by atoms with E-state index in [1.165, 1.54) is 17.5 Å². The van der Waals surface area contributed by atoms with Crippen molar-refractivity contribution >= 4 is 0 Å². The second-order valence-corrected chi connectivity index (χ2v) is 3.71. The zero-order valence-electron chi connectivity index (χ0n) is 7.60. The van der Waals surface area contributed by atoms with Gasteiger partial charge in [-0.05, 0) is 30.2 Å². The molecule has 1 aromatic rings. The highest BCUT2D eigenvalue weighted by atomic mass is 16.5. The number of benzene rings is 1. The first-order chi connectivity index (χ1) is 6.45. The zero-order chi connectivity index (χ0) is 8.67. The summed E-state index contributed by atoms with van der Waals surface area (Å²) in [5.74, 6) is 1.13. The molecule has 1 aromatic carbocycles. The quantitative estimate of drug-likeness (QED) is 0.641. The summed E-state index contributed by atoms with van der Waals surface area (Å²) in [6.07, 6.45) is 2.28. The van der Waals surface area contributed by atoms with Gasteiger partial charge < -0.3 is 10.1 Å². The number of fused-ring (bicyclic) bond motifs is 3. The van der Waals surface area contributed by atoms with Crippen molar-refractivity contribution in [1.82, 2.24) is 5.32 Å². The van der Waals surface area contributed by atoms with Gasteiger partial charge in [0.25, 0.3) is 0 Å². The number of nitrogens with one attached hydrogen (secondary N) is 1. The summed E-state index contributed by atoms with van der Waals surface area (Å²) in [4.78, 5) is 0. The zero-order valence-corrected chi connectivity index (χ0v) is 7.60. The Morgan fingerprint density at radius 2 is 2.15 bits per heavy atom. The van der Waals surface area contributed by atoms with E-state index in [1.807, 2.05) is 0 Å². The third kappa shape index (κ3) is 1.05. The van der Waals surface area contributed by atoms with Crippen molar-refractivity contribution in [1.29, 1.82) is 0 Å². The standard InChI is InChI=1S/C11H13NO/c1-2-11-10(4-6-13-11)9-3-5-12-7-8(1)9/h1-2,12H,3-7H2. The molecule has 0 aromatic heterocycles. The van der Waals surface area contributed by atoms with Crippen LogP contribution in [0.25, 0.3) is 0 Å². The molecule has 0 saturated carbocycles. The van der Waals surface area contributed by atoms with E-state index in [4.69, 9.17) is 4.74 Å². The molecule has 0 fully saturated rings. The Labute approximate surface area is 77.9 Å². The number of ether oxygens (including phenoxy) is 1. The smallest absolute Gasteiger partial charge is 0.122 e. The van der Waals surface area contributed by atoms with Crippen LogP contribution in [0.4, 0.5) is 0 Å². The fraction of sp³-hybridized carbons (Fsp3) is 0.455. The second kappa shape index (κ2) is 2.74. The van der Waals surface area contributed by atoms with Crippen molar-refractivity contribution in [2.24, 2.45) is 0 Å². The van der Waals surface area contributed by atoms with Gasteiger partial charge in [-0.2, -0.15) is 0 Å². The van der Waals surface area contributed by atoms with Crippen LogP contribution in [-0.2, 0) is 19.4 Å². The van der Waals surface area contributed by atoms with Gasteiger partial charge in [0, 0.05) is 18.5 Å². The Balaban J connectivity index is 2.17. The van der Waals surface area contributed by atoms with Crippen molar-refractivity contribution in [3.63, 3.8) is 0 Å². The molecule has 0 radical (unpaired) electrons. The predicted octanol–water partition coefficient (Wildman–Crippen LogP) is 1.27. The molecule has 1 N–H and O–H groups in total. The molecule has 2 heterocycles. The normalized spacial score (nSPS) is 19.1. The maximum absolute atomic E-state index is 5.54. The highest BCUT2D eigenvalue weighted by Gasteiger charge is 2.20. The lowest BCUT2D eigenvalue weighted by Crippen LogP contribution is -2.24. The van der Waals surface area contributed by atoms with Gasteiger partial charge in [-0.1, -0.05) is 6.07 Å². The van der Waals surface area contributed by atoms with Crippen LogP contribution < -0.4 is 10.1 Å². The van der Waals surface area contributed by atoms with E-state index in [0.717, 1.165) is 31.9 Å². The van der Waals surface area contributed by atoms with E-state index in [9.17, 15) is 0 Å².